The van der Waals surface area contributed by atoms with Crippen LogP contribution in [0.15, 0.2) is 54.6 Å². The van der Waals surface area contributed by atoms with Gasteiger partial charge < -0.3 is 14.5 Å². The Balaban J connectivity index is 1.58. The van der Waals surface area contributed by atoms with Crippen LogP contribution in [-0.2, 0) is 6.61 Å². The van der Waals surface area contributed by atoms with E-state index < -0.39 is 4.92 Å². The number of nitrogens with one attached hydrogen (secondary N) is 1. The van der Waals surface area contributed by atoms with Gasteiger partial charge in [0.15, 0.2) is 11.5 Å². The minimum Gasteiger partial charge on any atom is -0.490 e. The lowest BCUT2D eigenvalue weighted by atomic mass is 10.1. The Morgan fingerprint density at radius 3 is 2.51 bits per heavy atom. The summed E-state index contributed by atoms with van der Waals surface area (Å²) in [7, 11) is 0. The molecule has 1 aromatic heterocycles. The maximum atomic E-state index is 10.8. The van der Waals surface area contributed by atoms with Crippen LogP contribution in [0.3, 0.4) is 0 Å². The SMILES string of the molecule is CCOc1cc(/C=C(\C#N)c2nc3cc(C)c(C)cc3[nH]2)ccc1OCc1ccc([N+](=O)[O-])cc1. The second-order valence-corrected chi connectivity index (χ2v) is 8.06. The fraction of sp³-hybridized carbons (Fsp3) is 0.185. The van der Waals surface area contributed by atoms with Crippen molar-refractivity contribution in [3.63, 3.8) is 0 Å². The fourth-order valence-electron chi connectivity index (χ4n) is 3.59. The Labute approximate surface area is 202 Å². The summed E-state index contributed by atoms with van der Waals surface area (Å²) in [6.07, 6.45) is 1.75. The summed E-state index contributed by atoms with van der Waals surface area (Å²) < 4.78 is 11.7. The molecule has 8 heteroatoms. The van der Waals surface area contributed by atoms with Gasteiger partial charge in [-0.15, -0.1) is 0 Å². The first-order valence-electron chi connectivity index (χ1n) is 11.1. The molecule has 0 aliphatic heterocycles. The zero-order chi connectivity index (χ0) is 24.9. The monoisotopic (exact) mass is 468 g/mol. The number of hydrogen-bond donors (Lipinski definition) is 1. The van der Waals surface area contributed by atoms with E-state index in [1.165, 1.54) is 12.1 Å². The maximum Gasteiger partial charge on any atom is 0.269 e. The van der Waals surface area contributed by atoms with Crippen molar-refractivity contribution in [1.82, 2.24) is 9.97 Å². The molecule has 0 amide bonds. The van der Waals surface area contributed by atoms with Crippen molar-refractivity contribution in [2.24, 2.45) is 0 Å². The Hall–Kier alpha value is -4.64. The zero-order valence-electron chi connectivity index (χ0n) is 19.7. The van der Waals surface area contributed by atoms with Gasteiger partial charge in [0.1, 0.15) is 18.5 Å². The number of nitro benzene ring substituents is 1. The molecular weight excluding hydrogens is 444 g/mol. The van der Waals surface area contributed by atoms with Crippen molar-refractivity contribution in [3.05, 3.63) is 92.8 Å². The molecular formula is C27H24N4O4. The molecule has 8 nitrogen and oxygen atoms in total. The molecule has 0 spiro atoms. The third-order valence-electron chi connectivity index (χ3n) is 5.59. The van der Waals surface area contributed by atoms with Crippen molar-refractivity contribution >= 4 is 28.4 Å². The first kappa shape index (κ1) is 23.5. The molecule has 0 aliphatic carbocycles. The molecule has 0 fully saturated rings. The Morgan fingerprint density at radius 1 is 1.09 bits per heavy atom. The lowest BCUT2D eigenvalue weighted by molar-refractivity contribution is -0.384. The van der Waals surface area contributed by atoms with Crippen LogP contribution in [0.4, 0.5) is 5.69 Å². The van der Waals surface area contributed by atoms with Gasteiger partial charge in [-0.3, -0.25) is 10.1 Å². The number of rotatable bonds is 8. The van der Waals surface area contributed by atoms with Crippen LogP contribution >= 0.6 is 0 Å². The van der Waals surface area contributed by atoms with Crippen molar-refractivity contribution < 1.29 is 14.4 Å². The van der Waals surface area contributed by atoms with Crippen LogP contribution in [0.5, 0.6) is 11.5 Å². The number of benzene rings is 3. The van der Waals surface area contributed by atoms with Gasteiger partial charge in [-0.1, -0.05) is 6.07 Å². The highest BCUT2D eigenvalue weighted by Gasteiger charge is 2.12. The molecule has 0 saturated carbocycles. The number of H-pyrrole nitrogens is 1. The second-order valence-electron chi connectivity index (χ2n) is 8.06. The van der Waals surface area contributed by atoms with Gasteiger partial charge in [0.25, 0.3) is 5.69 Å². The van der Waals surface area contributed by atoms with E-state index in [4.69, 9.17) is 9.47 Å². The highest BCUT2D eigenvalue weighted by Crippen LogP contribution is 2.31. The number of nitriles is 1. The minimum atomic E-state index is -0.438. The van der Waals surface area contributed by atoms with E-state index in [0.29, 0.717) is 29.5 Å². The molecule has 3 aromatic carbocycles. The number of aromatic nitrogens is 2. The first-order chi connectivity index (χ1) is 16.9. The molecule has 1 N–H and O–H groups in total. The van der Waals surface area contributed by atoms with E-state index in [9.17, 15) is 15.4 Å². The van der Waals surface area contributed by atoms with Gasteiger partial charge in [-0.25, -0.2) is 4.98 Å². The van der Waals surface area contributed by atoms with Crippen molar-refractivity contribution in [3.8, 4) is 17.6 Å². The van der Waals surface area contributed by atoms with Crippen molar-refractivity contribution in [2.45, 2.75) is 27.4 Å². The van der Waals surface area contributed by atoms with E-state index in [1.54, 1.807) is 24.3 Å². The number of aryl methyl sites for hydroxylation is 2. The molecule has 0 bridgehead atoms. The average Bonchev–Trinajstić information content (AvgIpc) is 3.25. The van der Waals surface area contributed by atoms with E-state index in [1.807, 2.05) is 45.0 Å². The number of imidazole rings is 1. The lowest BCUT2D eigenvalue weighted by Gasteiger charge is -2.13. The summed E-state index contributed by atoms with van der Waals surface area (Å²) in [5.41, 5.74) is 5.99. The van der Waals surface area contributed by atoms with Crippen LogP contribution in [0, 0.1) is 35.3 Å². The van der Waals surface area contributed by atoms with Crippen molar-refractivity contribution in [2.75, 3.05) is 6.61 Å². The van der Waals surface area contributed by atoms with E-state index in [0.717, 1.165) is 33.3 Å². The number of non-ortho nitro benzene ring substituents is 1. The third kappa shape index (κ3) is 5.31. The number of ether oxygens (including phenoxy) is 2. The van der Waals surface area contributed by atoms with Gasteiger partial charge in [-0.05, 0) is 85.5 Å². The molecule has 0 aliphatic rings. The molecule has 176 valence electrons. The quantitative estimate of drug-likeness (QED) is 0.189. The predicted molar refractivity (Wildman–Crippen MR) is 134 cm³/mol. The van der Waals surface area contributed by atoms with Crippen LogP contribution in [0.1, 0.15) is 35.0 Å². The summed E-state index contributed by atoms with van der Waals surface area (Å²) in [6.45, 7) is 6.62. The molecule has 1 heterocycles. The highest BCUT2D eigenvalue weighted by molar-refractivity contribution is 5.90. The lowest BCUT2D eigenvalue weighted by Crippen LogP contribution is -2.00. The molecule has 4 aromatic rings. The second kappa shape index (κ2) is 10.1. The van der Waals surface area contributed by atoms with Crippen LogP contribution in [-0.4, -0.2) is 21.5 Å². The summed E-state index contributed by atoms with van der Waals surface area (Å²) in [4.78, 5) is 18.2. The summed E-state index contributed by atoms with van der Waals surface area (Å²) in [6, 6.07) is 17.9. The summed E-state index contributed by atoms with van der Waals surface area (Å²) in [5.74, 6) is 1.58. The van der Waals surface area contributed by atoms with Gasteiger partial charge in [-0.2, -0.15) is 5.26 Å². The van der Waals surface area contributed by atoms with Gasteiger partial charge in [0.2, 0.25) is 0 Å². The molecule has 0 saturated heterocycles. The first-order valence-corrected chi connectivity index (χ1v) is 11.1. The normalized spacial score (nSPS) is 11.3. The Morgan fingerprint density at radius 2 is 1.83 bits per heavy atom. The minimum absolute atomic E-state index is 0.0305. The number of hydrogen-bond acceptors (Lipinski definition) is 6. The smallest absolute Gasteiger partial charge is 0.269 e. The summed E-state index contributed by atoms with van der Waals surface area (Å²) in [5, 5.41) is 20.6. The van der Waals surface area contributed by atoms with Gasteiger partial charge in [0.05, 0.1) is 28.1 Å². The van der Waals surface area contributed by atoms with E-state index in [-0.39, 0.29) is 12.3 Å². The molecule has 4 rings (SSSR count). The van der Waals surface area contributed by atoms with Gasteiger partial charge in [0, 0.05) is 12.1 Å². The average molecular weight is 469 g/mol. The number of nitrogens with zero attached hydrogens (tertiary/aromatic N) is 3. The highest BCUT2D eigenvalue weighted by atomic mass is 16.6. The molecule has 35 heavy (non-hydrogen) atoms. The number of allylic oxidation sites excluding steroid dienone is 1. The molecule has 0 atom stereocenters. The topological polar surface area (TPSA) is 114 Å². The van der Waals surface area contributed by atoms with Crippen LogP contribution in [0.25, 0.3) is 22.7 Å². The number of aromatic amines is 1. The van der Waals surface area contributed by atoms with E-state index >= 15 is 0 Å². The molecule has 0 radical (unpaired) electrons. The van der Waals surface area contributed by atoms with Gasteiger partial charge >= 0.3 is 0 Å². The Bertz CT molecular complexity index is 1420. The largest absolute Gasteiger partial charge is 0.490 e. The Kier molecular flexibility index (Phi) is 6.78. The van der Waals surface area contributed by atoms with E-state index in [2.05, 4.69) is 16.0 Å². The number of nitro groups is 1. The maximum absolute atomic E-state index is 10.8. The third-order valence-corrected chi connectivity index (χ3v) is 5.59. The number of fused-ring (bicyclic) bond motifs is 1. The standard InChI is InChI=1S/C27H24N4O4/c1-4-34-26-14-20(7-10-25(26)35-16-19-5-8-22(9-6-19)31(32)33)13-21(15-28)27-29-23-11-17(2)18(3)12-24(23)30-27/h5-14H,4,16H2,1-3H3,(H,29,30)/b21-13+. The van der Waals surface area contributed by atoms with Crippen LogP contribution < -0.4 is 9.47 Å². The van der Waals surface area contributed by atoms with Crippen LogP contribution in [0.2, 0.25) is 0 Å². The zero-order valence-corrected chi connectivity index (χ0v) is 19.7. The van der Waals surface area contributed by atoms with Crippen molar-refractivity contribution in [1.29, 1.82) is 5.26 Å². The molecule has 0 unspecified atom stereocenters. The fourth-order valence-corrected chi connectivity index (χ4v) is 3.59. The summed E-state index contributed by atoms with van der Waals surface area (Å²) >= 11 is 0. The predicted octanol–water partition coefficient (Wildman–Crippen LogP) is 6.13.